The predicted molar refractivity (Wildman–Crippen MR) is 141 cm³/mol. The Balaban J connectivity index is 1.72. The molecular weight excluding hydrogens is 478 g/mol. The number of amides is 3. The molecule has 1 aliphatic heterocycles. The lowest BCUT2D eigenvalue weighted by Gasteiger charge is -2.28. The molecule has 1 unspecified atom stereocenters. The first-order valence-corrected chi connectivity index (χ1v) is 13.1. The monoisotopic (exact) mass is 513 g/mol. The zero-order chi connectivity index (χ0) is 26.5. The van der Waals surface area contributed by atoms with Gasteiger partial charge in [0.2, 0.25) is 11.8 Å². The van der Waals surface area contributed by atoms with Crippen LogP contribution in [0.1, 0.15) is 53.4 Å². The van der Waals surface area contributed by atoms with Crippen LogP contribution in [0.5, 0.6) is 0 Å². The fraction of sp³-hybridized carbons (Fsp3) is 0.538. The molecule has 1 aromatic rings. The van der Waals surface area contributed by atoms with Crippen LogP contribution >= 0.6 is 11.8 Å². The first kappa shape index (κ1) is 27.6. The number of aliphatic hydroxyl groups is 1. The number of nitrogens with one attached hydrogen (secondary N) is 3. The average molecular weight is 514 g/mol. The van der Waals surface area contributed by atoms with E-state index in [9.17, 15) is 24.8 Å². The molecule has 194 valence electrons. The van der Waals surface area contributed by atoms with Gasteiger partial charge in [0.15, 0.2) is 0 Å². The lowest BCUT2D eigenvalue weighted by Crippen LogP contribution is -2.50. The molecule has 0 bridgehead atoms. The number of carbonyl (C=O) groups excluding carboxylic acids is 3. The molecule has 1 atom stereocenters. The molecular formula is C26H35N5O4S. The zero-order valence-corrected chi connectivity index (χ0v) is 22.1. The van der Waals surface area contributed by atoms with Crippen molar-refractivity contribution in [3.8, 4) is 6.07 Å². The van der Waals surface area contributed by atoms with Gasteiger partial charge in [-0.15, -0.1) is 0 Å². The van der Waals surface area contributed by atoms with Gasteiger partial charge in [0.05, 0.1) is 12.1 Å². The van der Waals surface area contributed by atoms with E-state index in [1.54, 1.807) is 19.1 Å². The van der Waals surface area contributed by atoms with Crippen molar-refractivity contribution in [2.75, 3.05) is 30.3 Å². The second kappa shape index (κ2) is 11.4. The van der Waals surface area contributed by atoms with Crippen molar-refractivity contribution >= 4 is 40.9 Å². The van der Waals surface area contributed by atoms with E-state index in [-0.39, 0.29) is 30.5 Å². The molecule has 1 saturated heterocycles. The molecule has 1 aliphatic carbocycles. The number of aliphatic hydroxyl groups excluding tert-OH is 1. The molecule has 3 rings (SSSR count). The van der Waals surface area contributed by atoms with Gasteiger partial charge in [-0.3, -0.25) is 14.4 Å². The molecule has 1 aromatic carbocycles. The summed E-state index contributed by atoms with van der Waals surface area (Å²) in [5, 5.41) is 28.4. The third-order valence-corrected chi connectivity index (χ3v) is 7.75. The number of thioether (sulfide) groups is 1. The Kier molecular flexibility index (Phi) is 8.69. The molecule has 2 fully saturated rings. The fourth-order valence-corrected chi connectivity index (χ4v) is 5.52. The second-order valence-corrected chi connectivity index (χ2v) is 11.4. The maximum absolute atomic E-state index is 13.1. The van der Waals surface area contributed by atoms with Crippen LogP contribution in [0, 0.1) is 16.7 Å². The summed E-state index contributed by atoms with van der Waals surface area (Å²) >= 11 is 1.19. The summed E-state index contributed by atoms with van der Waals surface area (Å²) in [6.07, 6.45) is 3.13. The number of nitrogens with zero attached hydrogens (tertiary/aromatic N) is 2. The van der Waals surface area contributed by atoms with Gasteiger partial charge < -0.3 is 26.0 Å². The van der Waals surface area contributed by atoms with E-state index in [0.29, 0.717) is 30.1 Å². The van der Waals surface area contributed by atoms with Crippen molar-refractivity contribution < 1.29 is 19.5 Å². The number of rotatable bonds is 8. The minimum Gasteiger partial charge on any atom is -0.394 e. The van der Waals surface area contributed by atoms with Crippen LogP contribution in [-0.2, 0) is 14.4 Å². The van der Waals surface area contributed by atoms with Crippen molar-refractivity contribution in [1.29, 1.82) is 5.26 Å². The van der Waals surface area contributed by atoms with Gasteiger partial charge in [-0.05, 0) is 38.0 Å². The van der Waals surface area contributed by atoms with Gasteiger partial charge in [-0.2, -0.15) is 5.26 Å². The van der Waals surface area contributed by atoms with Crippen LogP contribution in [-0.4, -0.2) is 58.2 Å². The van der Waals surface area contributed by atoms with Gasteiger partial charge in [0.25, 0.3) is 5.91 Å². The van der Waals surface area contributed by atoms with Crippen LogP contribution in [0.4, 0.5) is 11.4 Å². The Labute approximate surface area is 216 Å². The Morgan fingerprint density at radius 1 is 1.25 bits per heavy atom. The highest BCUT2D eigenvalue weighted by atomic mass is 32.2. The lowest BCUT2D eigenvalue weighted by atomic mass is 9.95. The first-order chi connectivity index (χ1) is 17.0. The summed E-state index contributed by atoms with van der Waals surface area (Å²) in [7, 11) is 0. The zero-order valence-electron chi connectivity index (χ0n) is 21.3. The van der Waals surface area contributed by atoms with E-state index in [2.05, 4.69) is 16.0 Å². The number of carbonyl (C=O) groups is 3. The molecule has 2 aliphatic rings. The van der Waals surface area contributed by atoms with E-state index < -0.39 is 22.1 Å². The highest BCUT2D eigenvalue weighted by Gasteiger charge is 2.41. The van der Waals surface area contributed by atoms with Gasteiger partial charge in [0.1, 0.15) is 21.9 Å². The Hall–Kier alpha value is -3.03. The molecule has 3 amide bonds. The Morgan fingerprint density at radius 3 is 2.50 bits per heavy atom. The molecule has 0 aromatic heterocycles. The summed E-state index contributed by atoms with van der Waals surface area (Å²) < 4.78 is 0. The van der Waals surface area contributed by atoms with Crippen molar-refractivity contribution in [2.45, 2.75) is 64.2 Å². The third-order valence-electron chi connectivity index (χ3n) is 6.44. The molecule has 36 heavy (non-hydrogen) atoms. The van der Waals surface area contributed by atoms with E-state index in [1.807, 2.05) is 39.0 Å². The van der Waals surface area contributed by atoms with E-state index in [1.165, 1.54) is 16.7 Å². The molecule has 9 nitrogen and oxygen atoms in total. The molecule has 4 N–H and O–H groups in total. The number of hydrogen-bond donors (Lipinski definition) is 4. The second-order valence-electron chi connectivity index (χ2n) is 10.2. The predicted octanol–water partition coefficient (Wildman–Crippen LogP) is 3.20. The van der Waals surface area contributed by atoms with Crippen LogP contribution in [0.3, 0.4) is 0 Å². The average Bonchev–Trinajstić information content (AvgIpc) is 3.42. The lowest BCUT2D eigenvalue weighted by molar-refractivity contribution is -0.127. The number of anilines is 2. The minimum atomic E-state index is -0.710. The summed E-state index contributed by atoms with van der Waals surface area (Å²) in [5.74, 6) is -0.837. The van der Waals surface area contributed by atoms with Crippen LogP contribution in [0.2, 0.25) is 0 Å². The smallest absolute Gasteiger partial charge is 0.265 e. The van der Waals surface area contributed by atoms with Gasteiger partial charge in [0, 0.05) is 29.9 Å². The van der Waals surface area contributed by atoms with Gasteiger partial charge in [-0.25, -0.2) is 0 Å². The summed E-state index contributed by atoms with van der Waals surface area (Å²) in [6.45, 7) is 7.74. The van der Waals surface area contributed by atoms with Crippen molar-refractivity contribution in [2.24, 2.45) is 5.41 Å². The Morgan fingerprint density at radius 2 is 1.92 bits per heavy atom. The van der Waals surface area contributed by atoms with Gasteiger partial charge >= 0.3 is 0 Å². The molecule has 0 spiro atoms. The SMILES string of the molecule is CCN1C(=O)C(CNc2cccc(NC(=O)C(C)(C)C)c2)S/C1=C(/C#N)C(=O)NC1(CO)CCCC1. The van der Waals surface area contributed by atoms with E-state index >= 15 is 0 Å². The van der Waals surface area contributed by atoms with Crippen molar-refractivity contribution in [1.82, 2.24) is 10.2 Å². The summed E-state index contributed by atoms with van der Waals surface area (Å²) in [4.78, 5) is 39.9. The number of hydrogen-bond acceptors (Lipinski definition) is 7. The quantitative estimate of drug-likeness (QED) is 0.310. The molecule has 0 radical (unpaired) electrons. The standard InChI is InChI=1S/C26H35N5O4S/c1-5-31-22(34)20(15-28-17-9-8-10-18(13-17)29-24(35)25(2,3)4)36-23(31)19(14-27)21(33)30-26(16-32)11-6-7-12-26/h8-10,13,20,28,32H,5-7,11-12,15-16H2,1-4H3,(H,29,35)(H,30,33)/b23-19-. The van der Waals surface area contributed by atoms with E-state index in [4.69, 9.17) is 0 Å². The molecule has 1 saturated carbocycles. The number of nitriles is 1. The number of benzene rings is 1. The highest BCUT2D eigenvalue weighted by Crippen LogP contribution is 2.38. The van der Waals surface area contributed by atoms with Crippen LogP contribution in [0.15, 0.2) is 34.9 Å². The highest BCUT2D eigenvalue weighted by molar-refractivity contribution is 8.04. The van der Waals surface area contributed by atoms with Gasteiger partial charge in [-0.1, -0.05) is 51.4 Å². The minimum absolute atomic E-state index is 0.0996. The van der Waals surface area contributed by atoms with Crippen LogP contribution < -0.4 is 16.0 Å². The van der Waals surface area contributed by atoms with Crippen molar-refractivity contribution in [3.05, 3.63) is 34.9 Å². The largest absolute Gasteiger partial charge is 0.394 e. The third kappa shape index (κ3) is 6.20. The first-order valence-electron chi connectivity index (χ1n) is 12.2. The summed E-state index contributed by atoms with van der Waals surface area (Å²) in [6, 6.07) is 9.24. The Bertz CT molecular complexity index is 1080. The van der Waals surface area contributed by atoms with E-state index in [0.717, 1.165) is 18.5 Å². The summed E-state index contributed by atoms with van der Waals surface area (Å²) in [5.41, 5.74) is 0.0408. The maximum atomic E-state index is 13.1. The van der Waals surface area contributed by atoms with Crippen LogP contribution in [0.25, 0.3) is 0 Å². The molecule has 1 heterocycles. The fourth-order valence-electron chi connectivity index (χ4n) is 4.25. The normalized spacial score (nSPS) is 20.6. The topological polar surface area (TPSA) is 135 Å². The van der Waals surface area contributed by atoms with Crippen molar-refractivity contribution in [3.63, 3.8) is 0 Å². The maximum Gasteiger partial charge on any atom is 0.265 e. The molecule has 10 heteroatoms.